The third kappa shape index (κ3) is 23.3. The van der Waals surface area contributed by atoms with Crippen LogP contribution in [0.2, 0.25) is 0 Å². The Morgan fingerprint density at radius 3 is 2.07 bits per heavy atom. The lowest BCUT2D eigenvalue weighted by Crippen LogP contribution is -2.28. The lowest BCUT2D eigenvalue weighted by atomic mass is 10.0. The lowest BCUT2D eigenvalue weighted by molar-refractivity contribution is -0.161. The number of aliphatic hydroxyl groups is 1. The Labute approximate surface area is 251 Å². The van der Waals surface area contributed by atoms with Crippen LogP contribution in [0, 0.1) is 5.92 Å². The minimum Gasteiger partial charge on any atom is -0.462 e. The van der Waals surface area contributed by atoms with E-state index in [1.54, 1.807) is 0 Å². The molecule has 2 unspecified atom stereocenters. The number of unbranched alkanes of at least 4 members (excludes halogenated alkanes) is 9. The summed E-state index contributed by atoms with van der Waals surface area (Å²) in [7, 11) is 0. The zero-order valence-corrected chi connectivity index (χ0v) is 26.4. The Morgan fingerprint density at radius 1 is 0.756 bits per heavy atom. The monoisotopic (exact) mass is 576 g/mol. The van der Waals surface area contributed by atoms with Crippen LogP contribution in [0.15, 0.2) is 36.5 Å². The first-order valence-corrected chi connectivity index (χ1v) is 16.5. The summed E-state index contributed by atoms with van der Waals surface area (Å²) in [5, 5.41) is 9.49. The topological polar surface area (TPSA) is 85.4 Å². The van der Waals surface area contributed by atoms with Crippen molar-refractivity contribution in [2.45, 2.75) is 155 Å². The maximum absolute atomic E-state index is 12.1. The minimum atomic E-state index is -0.803. The van der Waals surface area contributed by atoms with Gasteiger partial charge >= 0.3 is 11.9 Å². The molecule has 1 N–H and O–H groups in total. The van der Waals surface area contributed by atoms with Crippen LogP contribution < -0.4 is 0 Å². The highest BCUT2D eigenvalue weighted by Gasteiger charge is 2.35. The Balaban J connectivity index is 1.99. The Morgan fingerprint density at radius 2 is 1.37 bits per heavy atom. The maximum atomic E-state index is 12.1. The molecule has 1 saturated heterocycles. The average Bonchev–Trinajstić information content (AvgIpc) is 3.71. The predicted octanol–water partition coefficient (Wildman–Crippen LogP) is 8.57. The largest absolute Gasteiger partial charge is 0.462 e. The molecule has 0 bridgehead atoms. The molecule has 236 valence electrons. The van der Waals surface area contributed by atoms with Crippen molar-refractivity contribution in [3.8, 4) is 0 Å². The van der Waals surface area contributed by atoms with E-state index >= 15 is 0 Å². The average molecular weight is 577 g/mol. The first-order valence-electron chi connectivity index (χ1n) is 16.5. The van der Waals surface area contributed by atoms with Crippen molar-refractivity contribution in [3.63, 3.8) is 0 Å². The number of hydrogen-bond donors (Lipinski definition) is 1. The molecular weight excluding hydrogens is 516 g/mol. The fourth-order valence-corrected chi connectivity index (χ4v) is 4.59. The standard InChI is InChI=1S/C35H60O6/c1-4-5-6-7-8-9-10-14-19-24-32-33(41-32)25-20-16-17-22-27-35(38)40-31(28-36)29-39-34(37)26-21-15-12-11-13-18-23-30(2)3/h8-9,14,16,19-20,30-33,36H,4-7,10-13,15,17-18,21-29H2,1-3H3/b9-8-,19-14-,20-16-/t31-,32?,33?/m0/s1. The number of hydrogen-bond acceptors (Lipinski definition) is 6. The van der Waals surface area contributed by atoms with Gasteiger partial charge in [0.25, 0.3) is 0 Å². The fraction of sp³-hybridized carbons (Fsp3) is 0.771. The molecule has 0 radical (unpaired) electrons. The number of rotatable bonds is 27. The van der Waals surface area contributed by atoms with Crippen molar-refractivity contribution >= 4 is 11.9 Å². The highest BCUT2D eigenvalue weighted by molar-refractivity contribution is 5.70. The van der Waals surface area contributed by atoms with Crippen LogP contribution in [0.4, 0.5) is 0 Å². The van der Waals surface area contributed by atoms with E-state index in [0.717, 1.165) is 50.9 Å². The molecule has 0 spiro atoms. The van der Waals surface area contributed by atoms with Gasteiger partial charge in [0.05, 0.1) is 18.8 Å². The molecule has 1 aliphatic rings. The molecule has 0 saturated carbocycles. The van der Waals surface area contributed by atoms with Gasteiger partial charge in [0.15, 0.2) is 6.10 Å². The fourth-order valence-electron chi connectivity index (χ4n) is 4.59. The van der Waals surface area contributed by atoms with Crippen LogP contribution >= 0.6 is 0 Å². The highest BCUT2D eigenvalue weighted by Crippen LogP contribution is 2.29. The number of carbonyl (C=O) groups is 2. The first kappa shape index (κ1) is 37.1. The van der Waals surface area contributed by atoms with Crippen LogP contribution in [0.25, 0.3) is 0 Å². The van der Waals surface area contributed by atoms with E-state index in [2.05, 4.69) is 57.2 Å². The van der Waals surface area contributed by atoms with Crippen LogP contribution in [0.5, 0.6) is 0 Å². The Hall–Kier alpha value is -1.92. The van der Waals surface area contributed by atoms with Crippen molar-refractivity contribution in [3.05, 3.63) is 36.5 Å². The molecule has 0 aromatic carbocycles. The Kier molecular flexibility index (Phi) is 23.3. The van der Waals surface area contributed by atoms with Gasteiger partial charge in [-0.2, -0.15) is 0 Å². The van der Waals surface area contributed by atoms with E-state index in [4.69, 9.17) is 14.2 Å². The predicted molar refractivity (Wildman–Crippen MR) is 168 cm³/mol. The molecule has 1 fully saturated rings. The van der Waals surface area contributed by atoms with Crippen molar-refractivity contribution in [1.82, 2.24) is 0 Å². The lowest BCUT2D eigenvalue weighted by Gasteiger charge is -2.15. The highest BCUT2D eigenvalue weighted by atomic mass is 16.6. The van der Waals surface area contributed by atoms with Gasteiger partial charge in [-0.05, 0) is 57.3 Å². The SMILES string of the molecule is CCCCC/C=C\C/C=C\CC1OC1C/C=C\CCCC(=O)O[C@@H](CO)COC(=O)CCCCCCCCC(C)C. The summed E-state index contributed by atoms with van der Waals surface area (Å²) in [5.41, 5.74) is 0. The number of epoxide rings is 1. The zero-order chi connectivity index (χ0) is 30.0. The number of allylic oxidation sites excluding steroid dienone is 4. The van der Waals surface area contributed by atoms with Crippen LogP contribution in [0.1, 0.15) is 136 Å². The van der Waals surface area contributed by atoms with Crippen LogP contribution in [-0.4, -0.2) is 48.6 Å². The van der Waals surface area contributed by atoms with E-state index in [-0.39, 0.29) is 31.6 Å². The van der Waals surface area contributed by atoms with E-state index in [1.165, 1.54) is 51.4 Å². The molecule has 6 heteroatoms. The molecule has 0 aromatic heterocycles. The summed E-state index contributed by atoms with van der Waals surface area (Å²) in [6.45, 7) is 6.28. The van der Waals surface area contributed by atoms with Gasteiger partial charge in [-0.25, -0.2) is 0 Å². The van der Waals surface area contributed by atoms with Crippen LogP contribution in [0.3, 0.4) is 0 Å². The second kappa shape index (κ2) is 25.8. The second-order valence-corrected chi connectivity index (χ2v) is 11.8. The van der Waals surface area contributed by atoms with Crippen molar-refractivity contribution in [2.24, 2.45) is 5.92 Å². The van der Waals surface area contributed by atoms with Crippen molar-refractivity contribution in [2.75, 3.05) is 13.2 Å². The molecule has 0 amide bonds. The summed E-state index contributed by atoms with van der Waals surface area (Å²) in [6.07, 6.45) is 31.0. The molecule has 1 rings (SSSR count). The Bertz CT molecular complexity index is 741. The third-order valence-electron chi connectivity index (χ3n) is 7.27. The molecule has 41 heavy (non-hydrogen) atoms. The van der Waals surface area contributed by atoms with Gasteiger partial charge in [0, 0.05) is 12.8 Å². The summed E-state index contributed by atoms with van der Waals surface area (Å²) < 4.78 is 16.2. The van der Waals surface area contributed by atoms with Gasteiger partial charge in [-0.1, -0.05) is 109 Å². The van der Waals surface area contributed by atoms with Gasteiger partial charge in [-0.3, -0.25) is 9.59 Å². The van der Waals surface area contributed by atoms with Gasteiger partial charge in [-0.15, -0.1) is 0 Å². The van der Waals surface area contributed by atoms with Crippen molar-refractivity contribution < 1.29 is 28.9 Å². The quantitative estimate of drug-likeness (QED) is 0.0456. The summed E-state index contributed by atoms with van der Waals surface area (Å²) >= 11 is 0. The van der Waals surface area contributed by atoms with Crippen molar-refractivity contribution in [1.29, 1.82) is 0 Å². The minimum absolute atomic E-state index is 0.0936. The molecule has 1 aliphatic heterocycles. The summed E-state index contributed by atoms with van der Waals surface area (Å²) in [5.74, 6) is 0.0951. The van der Waals surface area contributed by atoms with Gasteiger partial charge < -0.3 is 19.3 Å². The normalized spacial score (nSPS) is 17.7. The first-order chi connectivity index (χ1) is 20.0. The molecule has 6 nitrogen and oxygen atoms in total. The van der Waals surface area contributed by atoms with Gasteiger partial charge in [0.2, 0.25) is 0 Å². The van der Waals surface area contributed by atoms with E-state index < -0.39 is 6.10 Å². The zero-order valence-electron chi connectivity index (χ0n) is 26.4. The number of carbonyl (C=O) groups excluding carboxylic acids is 2. The molecule has 3 atom stereocenters. The number of ether oxygens (including phenoxy) is 3. The summed E-state index contributed by atoms with van der Waals surface area (Å²) in [6, 6.07) is 0. The molecular formula is C35H60O6. The summed E-state index contributed by atoms with van der Waals surface area (Å²) in [4.78, 5) is 24.1. The number of esters is 2. The van der Waals surface area contributed by atoms with E-state index in [1.807, 2.05) is 0 Å². The van der Waals surface area contributed by atoms with Gasteiger partial charge in [0.1, 0.15) is 6.61 Å². The molecule has 0 aliphatic carbocycles. The van der Waals surface area contributed by atoms with E-state index in [9.17, 15) is 14.7 Å². The van der Waals surface area contributed by atoms with Crippen LogP contribution in [-0.2, 0) is 23.8 Å². The maximum Gasteiger partial charge on any atom is 0.306 e. The molecule has 1 heterocycles. The van der Waals surface area contributed by atoms with E-state index in [0.29, 0.717) is 25.0 Å². The second-order valence-electron chi connectivity index (χ2n) is 11.8. The third-order valence-corrected chi connectivity index (χ3v) is 7.27. The smallest absolute Gasteiger partial charge is 0.306 e. The number of aliphatic hydroxyl groups excluding tert-OH is 1. The molecule has 0 aromatic rings.